The zero-order valence-electron chi connectivity index (χ0n) is 12.5. The Kier molecular flexibility index (Phi) is 3.42. The Balaban J connectivity index is 1.45. The number of nitrogens with zero attached hydrogens (tertiary/aromatic N) is 4. The van der Waals surface area contributed by atoms with Gasteiger partial charge in [0.15, 0.2) is 0 Å². The molecule has 1 fully saturated rings. The van der Waals surface area contributed by atoms with Crippen LogP contribution in [0.4, 0.5) is 0 Å². The molecule has 0 saturated carbocycles. The summed E-state index contributed by atoms with van der Waals surface area (Å²) in [4.78, 5) is 22.6. The molecule has 0 radical (unpaired) electrons. The summed E-state index contributed by atoms with van der Waals surface area (Å²) in [5.74, 6) is 0.0359. The lowest BCUT2D eigenvalue weighted by atomic mass is 10.3. The molecule has 3 aromatic rings. The predicted octanol–water partition coefficient (Wildman–Crippen LogP) is 2.02. The molecule has 4 heterocycles. The zero-order valence-corrected chi connectivity index (χ0v) is 12.5. The van der Waals surface area contributed by atoms with E-state index >= 15 is 0 Å². The Morgan fingerprint density at radius 3 is 2.91 bits per heavy atom. The Hall–Kier alpha value is -2.89. The minimum absolute atomic E-state index is 0.0359. The lowest BCUT2D eigenvalue weighted by molar-refractivity contribution is 0.0770. The molecule has 0 bridgehead atoms. The second kappa shape index (κ2) is 5.72. The quantitative estimate of drug-likeness (QED) is 0.743. The van der Waals surface area contributed by atoms with Crippen LogP contribution in [0.2, 0.25) is 0 Å². The van der Waals surface area contributed by atoms with Gasteiger partial charge in [0, 0.05) is 43.3 Å². The summed E-state index contributed by atoms with van der Waals surface area (Å²) in [6.07, 6.45) is 7.83. The van der Waals surface area contributed by atoms with Gasteiger partial charge in [0.05, 0.1) is 12.1 Å². The Morgan fingerprint density at radius 1 is 1.22 bits per heavy atom. The van der Waals surface area contributed by atoms with Crippen molar-refractivity contribution in [3.05, 3.63) is 60.7 Å². The second-order valence-corrected chi connectivity index (χ2v) is 5.57. The molecule has 4 rings (SSSR count). The van der Waals surface area contributed by atoms with Gasteiger partial charge in [-0.05, 0) is 24.3 Å². The van der Waals surface area contributed by atoms with E-state index in [0.29, 0.717) is 24.7 Å². The Labute approximate surface area is 133 Å². The number of fused-ring (bicyclic) bond motifs is 1. The van der Waals surface area contributed by atoms with E-state index in [4.69, 9.17) is 4.74 Å². The first kappa shape index (κ1) is 13.8. The van der Waals surface area contributed by atoms with Gasteiger partial charge in [-0.25, -0.2) is 9.97 Å². The molecule has 6 nitrogen and oxygen atoms in total. The van der Waals surface area contributed by atoms with E-state index in [9.17, 15) is 4.79 Å². The van der Waals surface area contributed by atoms with Crippen LogP contribution in [0.5, 0.6) is 6.01 Å². The average molecular weight is 308 g/mol. The molecule has 23 heavy (non-hydrogen) atoms. The van der Waals surface area contributed by atoms with Crippen molar-refractivity contribution >= 4 is 11.4 Å². The molecule has 116 valence electrons. The van der Waals surface area contributed by atoms with Crippen molar-refractivity contribution in [1.82, 2.24) is 19.3 Å². The Morgan fingerprint density at radius 2 is 2.09 bits per heavy atom. The molecule has 0 aromatic carbocycles. The summed E-state index contributed by atoms with van der Waals surface area (Å²) in [6, 6.07) is 9.91. The van der Waals surface area contributed by atoms with Crippen molar-refractivity contribution in [2.24, 2.45) is 0 Å². The van der Waals surface area contributed by atoms with Crippen molar-refractivity contribution in [1.29, 1.82) is 0 Å². The number of hydrogen-bond acceptors (Lipinski definition) is 4. The van der Waals surface area contributed by atoms with E-state index in [1.807, 2.05) is 46.0 Å². The highest BCUT2D eigenvalue weighted by atomic mass is 16.5. The van der Waals surface area contributed by atoms with Gasteiger partial charge in [0.25, 0.3) is 5.91 Å². The number of pyridine rings is 1. The molecule has 0 unspecified atom stereocenters. The molecular weight excluding hydrogens is 292 g/mol. The molecule has 1 amide bonds. The maximum absolute atomic E-state index is 12.6. The van der Waals surface area contributed by atoms with Crippen molar-refractivity contribution < 1.29 is 9.53 Å². The number of carbonyl (C=O) groups excluding carboxylic acids is 1. The van der Waals surface area contributed by atoms with E-state index in [1.54, 1.807) is 18.5 Å². The Bertz CT molecular complexity index is 798. The fourth-order valence-electron chi connectivity index (χ4n) is 2.86. The fourth-order valence-corrected chi connectivity index (χ4v) is 2.86. The van der Waals surface area contributed by atoms with E-state index in [1.165, 1.54) is 0 Å². The van der Waals surface area contributed by atoms with Crippen LogP contribution in [0.25, 0.3) is 5.52 Å². The highest BCUT2D eigenvalue weighted by Crippen LogP contribution is 2.19. The van der Waals surface area contributed by atoms with E-state index in [2.05, 4.69) is 9.97 Å². The van der Waals surface area contributed by atoms with Crippen molar-refractivity contribution in [2.75, 3.05) is 13.1 Å². The van der Waals surface area contributed by atoms with Crippen LogP contribution >= 0.6 is 0 Å². The molecule has 0 spiro atoms. The lowest BCUT2D eigenvalue weighted by Gasteiger charge is -2.15. The molecule has 1 aliphatic heterocycles. The minimum Gasteiger partial charge on any atom is -0.458 e. The third-order valence-corrected chi connectivity index (χ3v) is 4.00. The standard InChI is InChI=1S/C17H16N4O2/c22-16(13-10-14-4-1-2-8-20(14)11-13)21-9-5-15(12-21)23-17-18-6-3-7-19-17/h1-4,6-8,10-11,15H,5,9,12H2/t15-/m1/s1. The van der Waals surface area contributed by atoms with Gasteiger partial charge in [-0.15, -0.1) is 0 Å². The molecule has 1 saturated heterocycles. The first-order valence-electron chi connectivity index (χ1n) is 7.59. The molecule has 0 aliphatic carbocycles. The second-order valence-electron chi connectivity index (χ2n) is 5.57. The van der Waals surface area contributed by atoms with Crippen molar-refractivity contribution in [3.8, 4) is 6.01 Å². The lowest BCUT2D eigenvalue weighted by Crippen LogP contribution is -2.30. The maximum atomic E-state index is 12.6. The summed E-state index contributed by atoms with van der Waals surface area (Å²) in [6.45, 7) is 1.24. The van der Waals surface area contributed by atoms with E-state index in [-0.39, 0.29) is 12.0 Å². The fraction of sp³-hybridized carbons (Fsp3) is 0.235. The van der Waals surface area contributed by atoms with Gasteiger partial charge in [0.2, 0.25) is 0 Å². The number of rotatable bonds is 3. The molecule has 0 N–H and O–H groups in total. The summed E-state index contributed by atoms with van der Waals surface area (Å²) >= 11 is 0. The first-order valence-corrected chi connectivity index (χ1v) is 7.59. The van der Waals surface area contributed by atoms with Gasteiger partial charge < -0.3 is 14.0 Å². The van der Waals surface area contributed by atoms with Crippen LogP contribution in [-0.4, -0.2) is 44.4 Å². The van der Waals surface area contributed by atoms with Crippen LogP contribution in [0, 0.1) is 0 Å². The number of hydrogen-bond donors (Lipinski definition) is 0. The zero-order chi connectivity index (χ0) is 15.6. The summed E-state index contributed by atoms with van der Waals surface area (Å²) in [5, 5.41) is 0. The molecule has 3 aromatic heterocycles. The van der Waals surface area contributed by atoms with Crippen LogP contribution in [0.3, 0.4) is 0 Å². The van der Waals surface area contributed by atoms with Gasteiger partial charge in [0.1, 0.15) is 6.10 Å². The van der Waals surface area contributed by atoms with Crippen molar-refractivity contribution in [2.45, 2.75) is 12.5 Å². The highest BCUT2D eigenvalue weighted by Gasteiger charge is 2.29. The predicted molar refractivity (Wildman–Crippen MR) is 84.4 cm³/mol. The normalized spacial score (nSPS) is 17.6. The largest absolute Gasteiger partial charge is 0.458 e. The smallest absolute Gasteiger partial charge is 0.316 e. The highest BCUT2D eigenvalue weighted by molar-refractivity contribution is 5.95. The molecule has 1 aliphatic rings. The summed E-state index contributed by atoms with van der Waals surface area (Å²) < 4.78 is 7.68. The average Bonchev–Trinajstić information content (AvgIpc) is 3.21. The number of aromatic nitrogens is 3. The number of ether oxygens (including phenoxy) is 1. The van der Waals surface area contributed by atoms with E-state index in [0.717, 1.165) is 11.9 Å². The SMILES string of the molecule is O=C(c1cc2ccccn2c1)N1CC[C@@H](Oc2ncccn2)C1. The monoisotopic (exact) mass is 308 g/mol. The van der Waals surface area contributed by atoms with Crippen molar-refractivity contribution in [3.63, 3.8) is 0 Å². The summed E-state index contributed by atoms with van der Waals surface area (Å²) in [7, 11) is 0. The van der Waals surface area contributed by atoms with Gasteiger partial charge in [-0.1, -0.05) is 6.07 Å². The van der Waals surface area contributed by atoms with Gasteiger partial charge in [-0.2, -0.15) is 0 Å². The maximum Gasteiger partial charge on any atom is 0.316 e. The third kappa shape index (κ3) is 2.75. The van der Waals surface area contributed by atoms with E-state index < -0.39 is 0 Å². The van der Waals surface area contributed by atoms with Gasteiger partial charge >= 0.3 is 6.01 Å². The van der Waals surface area contributed by atoms with Crippen LogP contribution in [0.15, 0.2) is 55.1 Å². The number of carbonyl (C=O) groups is 1. The van der Waals surface area contributed by atoms with Crippen LogP contribution < -0.4 is 4.74 Å². The minimum atomic E-state index is -0.0571. The first-order chi connectivity index (χ1) is 11.3. The third-order valence-electron chi connectivity index (χ3n) is 4.00. The molecular formula is C17H16N4O2. The molecule has 1 atom stereocenters. The topological polar surface area (TPSA) is 59.7 Å². The van der Waals surface area contributed by atoms with Crippen LogP contribution in [0.1, 0.15) is 16.8 Å². The van der Waals surface area contributed by atoms with Crippen LogP contribution in [-0.2, 0) is 0 Å². The molecule has 6 heteroatoms. The summed E-state index contributed by atoms with van der Waals surface area (Å²) in [5.41, 5.74) is 1.72. The number of amides is 1. The van der Waals surface area contributed by atoms with Gasteiger partial charge in [-0.3, -0.25) is 4.79 Å². The number of likely N-dealkylation sites (tertiary alicyclic amines) is 1.